The number of pyridine rings is 1. The average molecular weight is 452 g/mol. The Labute approximate surface area is 196 Å². The van der Waals surface area contributed by atoms with E-state index in [0.29, 0.717) is 30.5 Å². The Morgan fingerprint density at radius 1 is 0.794 bits per heavy atom. The summed E-state index contributed by atoms with van der Waals surface area (Å²) < 4.78 is 15.1. The lowest BCUT2D eigenvalue weighted by molar-refractivity contribution is 0.627. The third-order valence-electron chi connectivity index (χ3n) is 5.19. The maximum Gasteiger partial charge on any atom is 0.150 e. The van der Waals surface area contributed by atoms with Crippen molar-refractivity contribution in [2.24, 2.45) is 0 Å². The monoisotopic (exact) mass is 451 g/mol. The molecule has 0 fully saturated rings. The maximum atomic E-state index is 13.2. The highest BCUT2D eigenvalue weighted by Crippen LogP contribution is 2.26. The summed E-state index contributed by atoms with van der Waals surface area (Å²) in [5.41, 5.74) is 4.04. The first-order valence-corrected chi connectivity index (χ1v) is 10.8. The van der Waals surface area contributed by atoms with Gasteiger partial charge in [-0.05, 0) is 41.0 Å². The molecule has 0 atom stereocenters. The van der Waals surface area contributed by atoms with Crippen LogP contribution < -0.4 is 10.6 Å². The van der Waals surface area contributed by atoms with Gasteiger partial charge in [-0.3, -0.25) is 9.67 Å². The van der Waals surface area contributed by atoms with Gasteiger partial charge in [-0.15, -0.1) is 0 Å². The van der Waals surface area contributed by atoms with Crippen LogP contribution in [0.15, 0.2) is 97.7 Å². The molecule has 0 spiro atoms. The molecule has 5 aromatic rings. The summed E-state index contributed by atoms with van der Waals surface area (Å²) in [5.74, 6) is 1.63. The SMILES string of the molecule is Fc1ccc(CNc2cc(-c3cnn(Cc4ccccc4)c3)cc(Nc3cnccn3)n2)cc1. The minimum atomic E-state index is -0.258. The highest BCUT2D eigenvalue weighted by Gasteiger charge is 2.09. The molecule has 0 aliphatic heterocycles. The van der Waals surface area contributed by atoms with Crippen molar-refractivity contribution >= 4 is 17.5 Å². The van der Waals surface area contributed by atoms with Gasteiger partial charge in [0, 0.05) is 30.7 Å². The minimum absolute atomic E-state index is 0.258. The standard InChI is InChI=1S/C26H22FN7/c27-23-8-6-19(7-9-23)14-30-24-12-21(13-25(32-24)33-26-16-28-10-11-29-26)22-15-31-34(18-22)17-20-4-2-1-3-5-20/h1-13,15-16,18H,14,17H2,(H2,29,30,32,33). The zero-order valence-corrected chi connectivity index (χ0v) is 18.3. The van der Waals surface area contributed by atoms with Crippen molar-refractivity contribution in [3.05, 3.63) is 115 Å². The largest absolute Gasteiger partial charge is 0.366 e. The first-order chi connectivity index (χ1) is 16.7. The summed E-state index contributed by atoms with van der Waals surface area (Å²) in [5, 5.41) is 11.1. The van der Waals surface area contributed by atoms with Gasteiger partial charge in [0.1, 0.15) is 23.3 Å². The lowest BCUT2D eigenvalue weighted by Crippen LogP contribution is -2.04. The molecule has 0 bridgehead atoms. The van der Waals surface area contributed by atoms with Gasteiger partial charge in [-0.25, -0.2) is 14.4 Å². The highest BCUT2D eigenvalue weighted by molar-refractivity contribution is 5.71. The lowest BCUT2D eigenvalue weighted by Gasteiger charge is -2.11. The van der Waals surface area contributed by atoms with E-state index in [0.717, 1.165) is 16.7 Å². The Bertz CT molecular complexity index is 1350. The Morgan fingerprint density at radius 2 is 1.62 bits per heavy atom. The lowest BCUT2D eigenvalue weighted by atomic mass is 10.1. The molecule has 0 aliphatic carbocycles. The molecular weight excluding hydrogens is 429 g/mol. The van der Waals surface area contributed by atoms with E-state index >= 15 is 0 Å². The molecular formula is C26H22FN7. The van der Waals surface area contributed by atoms with E-state index in [-0.39, 0.29) is 5.82 Å². The van der Waals surface area contributed by atoms with Crippen molar-refractivity contribution < 1.29 is 4.39 Å². The molecule has 8 heteroatoms. The number of rotatable bonds is 8. The van der Waals surface area contributed by atoms with Crippen molar-refractivity contribution in [1.29, 1.82) is 0 Å². The van der Waals surface area contributed by atoms with Crippen LogP contribution in [0.2, 0.25) is 0 Å². The molecule has 34 heavy (non-hydrogen) atoms. The van der Waals surface area contributed by atoms with Gasteiger partial charge in [0.15, 0.2) is 0 Å². The van der Waals surface area contributed by atoms with E-state index in [4.69, 9.17) is 0 Å². The number of nitrogens with zero attached hydrogens (tertiary/aromatic N) is 5. The van der Waals surface area contributed by atoms with Crippen molar-refractivity contribution in [2.75, 3.05) is 10.6 Å². The van der Waals surface area contributed by atoms with E-state index in [9.17, 15) is 4.39 Å². The molecule has 168 valence electrons. The zero-order chi connectivity index (χ0) is 23.2. The van der Waals surface area contributed by atoms with Crippen molar-refractivity contribution in [1.82, 2.24) is 24.7 Å². The van der Waals surface area contributed by atoms with Gasteiger partial charge in [0.2, 0.25) is 0 Å². The fourth-order valence-corrected chi connectivity index (χ4v) is 3.51. The zero-order valence-electron chi connectivity index (χ0n) is 18.3. The second-order valence-electron chi connectivity index (χ2n) is 7.73. The van der Waals surface area contributed by atoms with E-state index in [1.807, 2.05) is 47.4 Å². The molecule has 0 radical (unpaired) electrons. The van der Waals surface area contributed by atoms with Crippen molar-refractivity contribution in [3.8, 4) is 11.1 Å². The van der Waals surface area contributed by atoms with Crippen LogP contribution in [0.3, 0.4) is 0 Å². The average Bonchev–Trinajstić information content (AvgIpc) is 3.33. The normalized spacial score (nSPS) is 10.7. The molecule has 0 saturated carbocycles. The number of benzene rings is 2. The third-order valence-corrected chi connectivity index (χ3v) is 5.19. The molecule has 2 aromatic carbocycles. The molecule has 0 aliphatic rings. The van der Waals surface area contributed by atoms with Crippen molar-refractivity contribution in [3.63, 3.8) is 0 Å². The molecule has 0 unspecified atom stereocenters. The van der Waals surface area contributed by atoms with Crippen LogP contribution in [-0.4, -0.2) is 24.7 Å². The molecule has 3 heterocycles. The van der Waals surface area contributed by atoms with Crippen LogP contribution in [-0.2, 0) is 13.1 Å². The van der Waals surface area contributed by atoms with E-state index in [2.05, 4.69) is 42.8 Å². The predicted octanol–water partition coefficient (Wildman–Crippen LogP) is 5.28. The van der Waals surface area contributed by atoms with Gasteiger partial charge in [0.05, 0.1) is 18.9 Å². The predicted molar refractivity (Wildman–Crippen MR) is 130 cm³/mol. The van der Waals surface area contributed by atoms with Crippen LogP contribution in [0.1, 0.15) is 11.1 Å². The third kappa shape index (κ3) is 5.42. The first-order valence-electron chi connectivity index (χ1n) is 10.8. The molecule has 0 saturated heterocycles. The summed E-state index contributed by atoms with van der Waals surface area (Å²) in [7, 11) is 0. The Balaban J connectivity index is 1.41. The molecule has 7 nitrogen and oxygen atoms in total. The number of aromatic nitrogens is 5. The van der Waals surface area contributed by atoms with Crippen LogP contribution in [0.4, 0.5) is 21.8 Å². The Hall–Kier alpha value is -4.59. The Kier molecular flexibility index (Phi) is 6.20. The van der Waals surface area contributed by atoms with Crippen LogP contribution in [0, 0.1) is 5.82 Å². The highest BCUT2D eigenvalue weighted by atomic mass is 19.1. The first kappa shape index (κ1) is 21.3. The van der Waals surface area contributed by atoms with Crippen LogP contribution in [0.5, 0.6) is 0 Å². The minimum Gasteiger partial charge on any atom is -0.366 e. The topological polar surface area (TPSA) is 80.5 Å². The molecule has 0 amide bonds. The number of anilines is 3. The fourth-order valence-electron chi connectivity index (χ4n) is 3.51. The summed E-state index contributed by atoms with van der Waals surface area (Å²) in [6.45, 7) is 1.20. The quantitative estimate of drug-likeness (QED) is 0.334. The number of hydrogen-bond acceptors (Lipinski definition) is 6. The van der Waals surface area contributed by atoms with E-state index < -0.39 is 0 Å². The molecule has 3 aromatic heterocycles. The Morgan fingerprint density at radius 3 is 2.41 bits per heavy atom. The number of nitrogens with one attached hydrogen (secondary N) is 2. The molecule has 5 rings (SSSR count). The maximum absolute atomic E-state index is 13.2. The second-order valence-corrected chi connectivity index (χ2v) is 7.73. The van der Waals surface area contributed by atoms with E-state index in [1.54, 1.807) is 30.7 Å². The summed E-state index contributed by atoms with van der Waals surface area (Å²) in [6, 6.07) is 20.5. The van der Waals surface area contributed by atoms with Crippen LogP contribution >= 0.6 is 0 Å². The van der Waals surface area contributed by atoms with E-state index in [1.165, 1.54) is 17.7 Å². The van der Waals surface area contributed by atoms with Crippen molar-refractivity contribution in [2.45, 2.75) is 13.1 Å². The van der Waals surface area contributed by atoms with Gasteiger partial charge >= 0.3 is 0 Å². The molecule has 2 N–H and O–H groups in total. The fraction of sp³-hybridized carbons (Fsp3) is 0.0769. The summed E-state index contributed by atoms with van der Waals surface area (Å²) >= 11 is 0. The summed E-state index contributed by atoms with van der Waals surface area (Å²) in [4.78, 5) is 13.0. The van der Waals surface area contributed by atoms with Gasteiger partial charge in [-0.1, -0.05) is 42.5 Å². The number of halogens is 1. The second kappa shape index (κ2) is 9.91. The van der Waals surface area contributed by atoms with Gasteiger partial charge < -0.3 is 10.6 Å². The smallest absolute Gasteiger partial charge is 0.150 e. The van der Waals surface area contributed by atoms with Gasteiger partial charge in [0.25, 0.3) is 0 Å². The van der Waals surface area contributed by atoms with Crippen LogP contribution in [0.25, 0.3) is 11.1 Å². The number of hydrogen-bond donors (Lipinski definition) is 2. The summed E-state index contributed by atoms with van der Waals surface area (Å²) in [6.07, 6.45) is 8.73. The van der Waals surface area contributed by atoms with Gasteiger partial charge in [-0.2, -0.15) is 5.10 Å².